The van der Waals surface area contributed by atoms with Gasteiger partial charge >= 0.3 is 0 Å². The summed E-state index contributed by atoms with van der Waals surface area (Å²) < 4.78 is 23.8. The summed E-state index contributed by atoms with van der Waals surface area (Å²) in [6, 6.07) is 2.96. The van der Waals surface area contributed by atoms with E-state index in [4.69, 9.17) is 9.47 Å². The largest absolute Gasteiger partial charge is 0.493 e. The summed E-state index contributed by atoms with van der Waals surface area (Å²) in [6.45, 7) is 0.695. The molecule has 0 aliphatic carbocycles. The molecule has 0 aliphatic rings. The van der Waals surface area contributed by atoms with Crippen molar-refractivity contribution in [2.45, 2.75) is 6.42 Å². The third kappa shape index (κ3) is 2.59. The van der Waals surface area contributed by atoms with Crippen LogP contribution in [0.5, 0.6) is 11.5 Å². The second-order valence-electron chi connectivity index (χ2n) is 3.12. The minimum atomic E-state index is -0.261. The minimum absolute atomic E-state index is 0.261. The molecule has 0 unspecified atom stereocenters. The smallest absolute Gasteiger partial charge is 0.166 e. The quantitative estimate of drug-likeness (QED) is 0.806. The number of hydrogen-bond acceptors (Lipinski definition) is 3. The molecule has 3 nitrogen and oxygen atoms in total. The Bertz CT molecular complexity index is 329. The maximum atomic E-state index is 13.5. The molecular weight excluding hydrogens is 197 g/mol. The van der Waals surface area contributed by atoms with E-state index < -0.39 is 0 Å². The Hall–Kier alpha value is -1.29. The van der Waals surface area contributed by atoms with E-state index in [0.717, 1.165) is 0 Å². The number of ether oxygens (including phenoxy) is 2. The molecule has 84 valence electrons. The summed E-state index contributed by atoms with van der Waals surface area (Å²) in [7, 11) is 4.88. The van der Waals surface area contributed by atoms with Crippen molar-refractivity contribution in [1.29, 1.82) is 0 Å². The molecule has 4 heteroatoms. The highest BCUT2D eigenvalue weighted by molar-refractivity contribution is 5.47. The molecule has 0 aromatic heterocycles. The van der Waals surface area contributed by atoms with Crippen LogP contribution in [-0.2, 0) is 6.42 Å². The lowest BCUT2D eigenvalue weighted by molar-refractivity contribution is 0.348. The zero-order valence-corrected chi connectivity index (χ0v) is 9.26. The Morgan fingerprint density at radius 1 is 1.27 bits per heavy atom. The maximum Gasteiger partial charge on any atom is 0.166 e. The van der Waals surface area contributed by atoms with Crippen molar-refractivity contribution in [3.63, 3.8) is 0 Å². The lowest BCUT2D eigenvalue weighted by atomic mass is 10.1. The average Bonchev–Trinajstić information content (AvgIpc) is 2.27. The van der Waals surface area contributed by atoms with Crippen LogP contribution in [0.15, 0.2) is 12.1 Å². The normalized spacial score (nSPS) is 10.1. The molecule has 1 aromatic carbocycles. The maximum absolute atomic E-state index is 13.5. The fourth-order valence-electron chi connectivity index (χ4n) is 1.45. The van der Waals surface area contributed by atoms with E-state index in [2.05, 4.69) is 5.32 Å². The third-order valence-electron chi connectivity index (χ3n) is 2.22. The van der Waals surface area contributed by atoms with E-state index >= 15 is 0 Å². The van der Waals surface area contributed by atoms with Crippen molar-refractivity contribution in [3.05, 3.63) is 23.5 Å². The van der Waals surface area contributed by atoms with Crippen LogP contribution in [0, 0.1) is 5.82 Å². The summed E-state index contributed by atoms with van der Waals surface area (Å²) in [6.07, 6.45) is 0.572. The first-order valence-corrected chi connectivity index (χ1v) is 4.78. The predicted octanol–water partition coefficient (Wildman–Crippen LogP) is 1.60. The summed E-state index contributed by atoms with van der Waals surface area (Å²) in [4.78, 5) is 0. The van der Waals surface area contributed by atoms with Gasteiger partial charge in [-0.15, -0.1) is 0 Å². The standard InChI is InChI=1S/C11H16FNO2/c1-13-7-6-8-9(12)4-5-10(14-2)11(8)15-3/h4-5,13H,6-7H2,1-3H3. The number of methoxy groups -OCH3 is 2. The fraction of sp³-hybridized carbons (Fsp3) is 0.455. The molecule has 0 heterocycles. The molecule has 1 rings (SSSR count). The van der Waals surface area contributed by atoms with Crippen molar-refractivity contribution in [1.82, 2.24) is 5.32 Å². The van der Waals surface area contributed by atoms with Gasteiger partial charge in [0, 0.05) is 5.56 Å². The first-order valence-electron chi connectivity index (χ1n) is 4.78. The van der Waals surface area contributed by atoms with E-state index in [1.807, 2.05) is 7.05 Å². The van der Waals surface area contributed by atoms with Gasteiger partial charge in [-0.1, -0.05) is 0 Å². The van der Waals surface area contributed by atoms with Crippen molar-refractivity contribution < 1.29 is 13.9 Å². The summed E-state index contributed by atoms with van der Waals surface area (Å²) in [5, 5.41) is 2.97. The SMILES string of the molecule is CNCCc1c(F)ccc(OC)c1OC. The number of nitrogens with one attached hydrogen (secondary N) is 1. The Morgan fingerprint density at radius 3 is 2.53 bits per heavy atom. The minimum Gasteiger partial charge on any atom is -0.493 e. The Morgan fingerprint density at radius 2 is 2.00 bits per heavy atom. The van der Waals surface area contributed by atoms with E-state index in [1.54, 1.807) is 6.07 Å². The Kier molecular flexibility index (Phi) is 4.37. The fourth-order valence-corrected chi connectivity index (χ4v) is 1.45. The van der Waals surface area contributed by atoms with Gasteiger partial charge in [0.25, 0.3) is 0 Å². The van der Waals surface area contributed by atoms with E-state index in [9.17, 15) is 4.39 Å². The predicted molar refractivity (Wildman–Crippen MR) is 57.1 cm³/mol. The van der Waals surface area contributed by atoms with E-state index in [1.165, 1.54) is 20.3 Å². The van der Waals surface area contributed by atoms with Gasteiger partial charge in [-0.3, -0.25) is 0 Å². The van der Waals surface area contributed by atoms with Gasteiger partial charge in [-0.05, 0) is 32.1 Å². The van der Waals surface area contributed by atoms with Gasteiger partial charge in [-0.2, -0.15) is 0 Å². The lowest BCUT2D eigenvalue weighted by Crippen LogP contribution is -2.12. The molecular formula is C11H16FNO2. The van der Waals surface area contributed by atoms with Crippen LogP contribution in [0.1, 0.15) is 5.56 Å². The number of halogens is 1. The summed E-state index contributed by atoms with van der Waals surface area (Å²) >= 11 is 0. The number of hydrogen-bond donors (Lipinski definition) is 1. The van der Waals surface area contributed by atoms with Gasteiger partial charge in [0.15, 0.2) is 11.5 Å². The number of likely N-dealkylation sites (N-methyl/N-ethyl adjacent to an activating group) is 1. The van der Waals surface area contributed by atoms with Gasteiger partial charge in [-0.25, -0.2) is 4.39 Å². The van der Waals surface area contributed by atoms with Crippen LogP contribution >= 0.6 is 0 Å². The molecule has 0 saturated carbocycles. The summed E-state index contributed by atoms with van der Waals surface area (Å²) in [5.74, 6) is 0.778. The van der Waals surface area contributed by atoms with Crippen LogP contribution in [0.3, 0.4) is 0 Å². The monoisotopic (exact) mass is 213 g/mol. The topological polar surface area (TPSA) is 30.5 Å². The Balaban J connectivity index is 3.07. The number of rotatable bonds is 5. The van der Waals surface area contributed by atoms with Crippen molar-refractivity contribution >= 4 is 0 Å². The highest BCUT2D eigenvalue weighted by atomic mass is 19.1. The Labute approximate surface area is 89.2 Å². The first-order chi connectivity index (χ1) is 7.24. The average molecular weight is 213 g/mol. The highest BCUT2D eigenvalue weighted by Gasteiger charge is 2.14. The van der Waals surface area contributed by atoms with Crippen molar-refractivity contribution in [3.8, 4) is 11.5 Å². The molecule has 0 amide bonds. The molecule has 0 radical (unpaired) electrons. The molecule has 1 aromatic rings. The lowest BCUT2D eigenvalue weighted by Gasteiger charge is -2.13. The first kappa shape index (κ1) is 11.8. The number of benzene rings is 1. The second kappa shape index (κ2) is 5.56. The van der Waals surface area contributed by atoms with E-state index in [0.29, 0.717) is 30.0 Å². The van der Waals surface area contributed by atoms with Crippen LogP contribution < -0.4 is 14.8 Å². The van der Waals surface area contributed by atoms with Gasteiger partial charge < -0.3 is 14.8 Å². The molecule has 15 heavy (non-hydrogen) atoms. The van der Waals surface area contributed by atoms with Crippen LogP contribution in [0.25, 0.3) is 0 Å². The molecule has 0 bridgehead atoms. The van der Waals surface area contributed by atoms with Crippen LogP contribution in [0.4, 0.5) is 4.39 Å². The summed E-state index contributed by atoms with van der Waals surface area (Å²) in [5.41, 5.74) is 0.547. The highest BCUT2D eigenvalue weighted by Crippen LogP contribution is 2.32. The van der Waals surface area contributed by atoms with Gasteiger partial charge in [0.05, 0.1) is 14.2 Å². The van der Waals surface area contributed by atoms with Crippen molar-refractivity contribution in [2.75, 3.05) is 27.8 Å². The van der Waals surface area contributed by atoms with Gasteiger partial charge in [0.2, 0.25) is 0 Å². The zero-order valence-electron chi connectivity index (χ0n) is 9.26. The molecule has 0 saturated heterocycles. The molecule has 1 N–H and O–H groups in total. The molecule has 0 spiro atoms. The van der Waals surface area contributed by atoms with Crippen LogP contribution in [0.2, 0.25) is 0 Å². The molecule has 0 atom stereocenters. The third-order valence-corrected chi connectivity index (χ3v) is 2.22. The zero-order chi connectivity index (χ0) is 11.3. The van der Waals surface area contributed by atoms with Crippen LogP contribution in [-0.4, -0.2) is 27.8 Å². The van der Waals surface area contributed by atoms with Gasteiger partial charge in [0.1, 0.15) is 5.82 Å². The van der Waals surface area contributed by atoms with Crippen molar-refractivity contribution in [2.24, 2.45) is 0 Å². The van der Waals surface area contributed by atoms with E-state index in [-0.39, 0.29) is 5.82 Å². The second-order valence-corrected chi connectivity index (χ2v) is 3.12. The molecule has 0 fully saturated rings. The molecule has 0 aliphatic heterocycles.